The number of rotatable bonds is 2. The van der Waals surface area contributed by atoms with Crippen LogP contribution in [0.2, 0.25) is 0 Å². The Morgan fingerprint density at radius 1 is 1.35 bits per heavy atom. The number of nitrogens with one attached hydrogen (secondary N) is 1. The van der Waals surface area contributed by atoms with Gasteiger partial charge in [-0.05, 0) is 41.5 Å². The molecule has 1 nitrogen and oxygen atoms in total. The molecule has 1 aromatic carbocycles. The zero-order chi connectivity index (χ0) is 11.8. The first-order valence-electron chi connectivity index (χ1n) is 5.97. The van der Waals surface area contributed by atoms with Crippen molar-refractivity contribution in [2.24, 2.45) is 5.41 Å². The third-order valence-corrected chi connectivity index (χ3v) is 3.06. The first-order valence-corrected chi connectivity index (χ1v) is 5.97. The normalized spacial score (nSPS) is 18.7. The lowest BCUT2D eigenvalue weighted by molar-refractivity contribution is 0.351. The first-order chi connectivity index (χ1) is 7.46. The highest BCUT2D eigenvalue weighted by molar-refractivity contribution is 5.85. The Morgan fingerprint density at radius 3 is 2.71 bits per heavy atom. The van der Waals surface area contributed by atoms with Gasteiger partial charge in [0.15, 0.2) is 0 Å². The molecular weight excluding hydrogens is 237 g/mol. The zero-order valence-corrected chi connectivity index (χ0v) is 11.5. The van der Waals surface area contributed by atoms with E-state index in [1.54, 1.807) is 12.1 Å². The highest BCUT2D eigenvalue weighted by Crippen LogP contribution is 2.32. The third kappa shape index (κ3) is 3.68. The van der Waals surface area contributed by atoms with Crippen molar-refractivity contribution in [3.8, 4) is 0 Å². The minimum absolute atomic E-state index is 0. The van der Waals surface area contributed by atoms with Gasteiger partial charge < -0.3 is 5.32 Å². The van der Waals surface area contributed by atoms with E-state index in [2.05, 4.69) is 26.1 Å². The standard InChI is InChI=1S/C14H20FN.ClH/c1-14(2,3)9-16-13-7-5-10-4-6-11(15)8-12(10)13;/h4,6,8,13,16H,5,7,9H2,1-3H3;1H. The largest absolute Gasteiger partial charge is 0.309 e. The van der Waals surface area contributed by atoms with Gasteiger partial charge in [-0.2, -0.15) is 0 Å². The SMILES string of the molecule is CC(C)(C)CNC1CCc2ccc(F)cc21.Cl. The summed E-state index contributed by atoms with van der Waals surface area (Å²) in [5, 5.41) is 3.54. The molecule has 0 aliphatic heterocycles. The van der Waals surface area contributed by atoms with Crippen molar-refractivity contribution in [2.45, 2.75) is 39.7 Å². The van der Waals surface area contributed by atoms with Gasteiger partial charge in [0.2, 0.25) is 0 Å². The Hall–Kier alpha value is -0.600. The minimum Gasteiger partial charge on any atom is -0.309 e. The Kier molecular flexibility index (Phi) is 4.56. The molecule has 0 heterocycles. The Morgan fingerprint density at radius 2 is 2.06 bits per heavy atom. The van der Waals surface area contributed by atoms with Crippen LogP contribution < -0.4 is 5.32 Å². The maximum absolute atomic E-state index is 13.2. The van der Waals surface area contributed by atoms with E-state index in [1.165, 1.54) is 5.56 Å². The molecule has 2 rings (SSSR count). The van der Waals surface area contributed by atoms with Crippen LogP contribution in [0, 0.1) is 11.2 Å². The van der Waals surface area contributed by atoms with Gasteiger partial charge in [0.25, 0.3) is 0 Å². The number of aryl methyl sites for hydroxylation is 1. The molecule has 1 aliphatic rings. The van der Waals surface area contributed by atoms with Gasteiger partial charge in [0.1, 0.15) is 5.82 Å². The monoisotopic (exact) mass is 257 g/mol. The number of hydrogen-bond acceptors (Lipinski definition) is 1. The number of benzene rings is 1. The smallest absolute Gasteiger partial charge is 0.123 e. The quantitative estimate of drug-likeness (QED) is 0.848. The van der Waals surface area contributed by atoms with Crippen molar-refractivity contribution in [1.82, 2.24) is 5.32 Å². The van der Waals surface area contributed by atoms with Crippen LogP contribution in [0.1, 0.15) is 44.4 Å². The van der Waals surface area contributed by atoms with E-state index in [0.717, 1.165) is 24.9 Å². The minimum atomic E-state index is -0.122. The molecule has 0 radical (unpaired) electrons. The van der Waals surface area contributed by atoms with Crippen molar-refractivity contribution in [3.05, 3.63) is 35.1 Å². The third-order valence-electron chi connectivity index (χ3n) is 3.06. The first kappa shape index (κ1) is 14.5. The number of halogens is 2. The summed E-state index contributed by atoms with van der Waals surface area (Å²) in [6, 6.07) is 5.50. The summed E-state index contributed by atoms with van der Waals surface area (Å²) < 4.78 is 13.2. The predicted molar refractivity (Wildman–Crippen MR) is 72.2 cm³/mol. The van der Waals surface area contributed by atoms with Crippen molar-refractivity contribution in [3.63, 3.8) is 0 Å². The zero-order valence-electron chi connectivity index (χ0n) is 10.7. The second kappa shape index (κ2) is 5.36. The molecular formula is C14H21ClFN. The summed E-state index contributed by atoms with van der Waals surface area (Å²) in [7, 11) is 0. The topological polar surface area (TPSA) is 12.0 Å². The predicted octanol–water partition coefficient (Wildman–Crippen LogP) is 3.87. The summed E-state index contributed by atoms with van der Waals surface area (Å²) in [5.74, 6) is -0.122. The molecule has 0 saturated carbocycles. The van der Waals surface area contributed by atoms with E-state index in [4.69, 9.17) is 0 Å². The highest BCUT2D eigenvalue weighted by atomic mass is 35.5. The lowest BCUT2D eigenvalue weighted by atomic mass is 9.96. The van der Waals surface area contributed by atoms with E-state index in [1.807, 2.05) is 6.07 Å². The fourth-order valence-electron chi connectivity index (χ4n) is 2.21. The Labute approximate surface area is 109 Å². The van der Waals surface area contributed by atoms with E-state index < -0.39 is 0 Å². The summed E-state index contributed by atoms with van der Waals surface area (Å²) in [6.07, 6.45) is 2.16. The second-order valence-electron chi connectivity index (χ2n) is 5.88. The van der Waals surface area contributed by atoms with Gasteiger partial charge in [-0.3, -0.25) is 0 Å². The van der Waals surface area contributed by atoms with Crippen LogP contribution in [-0.2, 0) is 6.42 Å². The van der Waals surface area contributed by atoms with Gasteiger partial charge in [0, 0.05) is 12.6 Å². The molecule has 0 saturated heterocycles. The van der Waals surface area contributed by atoms with Crippen LogP contribution in [0.3, 0.4) is 0 Å². The van der Waals surface area contributed by atoms with Crippen LogP contribution >= 0.6 is 12.4 Å². The second-order valence-corrected chi connectivity index (χ2v) is 5.88. The molecule has 0 bridgehead atoms. The molecule has 1 aromatic rings. The average Bonchev–Trinajstić information content (AvgIpc) is 2.56. The molecule has 1 atom stereocenters. The van der Waals surface area contributed by atoms with Gasteiger partial charge in [-0.15, -0.1) is 12.4 Å². The van der Waals surface area contributed by atoms with Crippen molar-refractivity contribution < 1.29 is 4.39 Å². The lowest BCUT2D eigenvalue weighted by Gasteiger charge is -2.23. The fraction of sp³-hybridized carbons (Fsp3) is 0.571. The van der Waals surface area contributed by atoms with Gasteiger partial charge in [0.05, 0.1) is 0 Å². The molecule has 0 fully saturated rings. The van der Waals surface area contributed by atoms with Crippen molar-refractivity contribution >= 4 is 12.4 Å². The van der Waals surface area contributed by atoms with Crippen LogP contribution in [0.4, 0.5) is 4.39 Å². The Balaban J connectivity index is 0.00000144. The van der Waals surface area contributed by atoms with Crippen LogP contribution in [-0.4, -0.2) is 6.54 Å². The van der Waals surface area contributed by atoms with Crippen molar-refractivity contribution in [1.29, 1.82) is 0 Å². The molecule has 96 valence electrons. The van der Waals surface area contributed by atoms with E-state index in [0.29, 0.717) is 6.04 Å². The van der Waals surface area contributed by atoms with Crippen molar-refractivity contribution in [2.75, 3.05) is 6.54 Å². The lowest BCUT2D eigenvalue weighted by Crippen LogP contribution is -2.29. The summed E-state index contributed by atoms with van der Waals surface area (Å²) in [4.78, 5) is 0. The molecule has 3 heteroatoms. The van der Waals surface area contributed by atoms with Crippen LogP contribution in [0.25, 0.3) is 0 Å². The Bertz CT molecular complexity index is 384. The van der Waals surface area contributed by atoms with Gasteiger partial charge in [-0.1, -0.05) is 26.8 Å². The van der Waals surface area contributed by atoms with Gasteiger partial charge in [-0.25, -0.2) is 4.39 Å². The number of hydrogen-bond donors (Lipinski definition) is 1. The summed E-state index contributed by atoms with van der Waals surface area (Å²) >= 11 is 0. The molecule has 0 amide bonds. The van der Waals surface area contributed by atoms with Gasteiger partial charge >= 0.3 is 0 Å². The van der Waals surface area contributed by atoms with Crippen LogP contribution in [0.15, 0.2) is 18.2 Å². The number of fused-ring (bicyclic) bond motifs is 1. The van der Waals surface area contributed by atoms with E-state index >= 15 is 0 Å². The van der Waals surface area contributed by atoms with Crippen LogP contribution in [0.5, 0.6) is 0 Å². The molecule has 1 aliphatic carbocycles. The van der Waals surface area contributed by atoms with E-state index in [9.17, 15) is 4.39 Å². The molecule has 1 N–H and O–H groups in total. The summed E-state index contributed by atoms with van der Waals surface area (Å²) in [6.45, 7) is 7.60. The average molecular weight is 258 g/mol. The maximum Gasteiger partial charge on any atom is 0.123 e. The molecule has 0 spiro atoms. The van der Waals surface area contributed by atoms with E-state index in [-0.39, 0.29) is 23.6 Å². The fourth-order valence-corrected chi connectivity index (χ4v) is 2.21. The maximum atomic E-state index is 13.2. The molecule has 17 heavy (non-hydrogen) atoms. The molecule has 0 aromatic heterocycles. The molecule has 1 unspecified atom stereocenters. The highest BCUT2D eigenvalue weighted by Gasteiger charge is 2.23. The summed E-state index contributed by atoms with van der Waals surface area (Å²) in [5.41, 5.74) is 2.73.